The number of rotatable bonds is 8. The maximum atomic E-state index is 10.7. The van der Waals surface area contributed by atoms with Crippen LogP contribution in [-0.2, 0) is 28.4 Å². The molecule has 0 aliphatic carbocycles. The second kappa shape index (κ2) is 12.3. The van der Waals surface area contributed by atoms with Gasteiger partial charge in [0.1, 0.15) is 73.2 Å². The Morgan fingerprint density at radius 3 is 1.54 bits per heavy atom. The Balaban J connectivity index is 1.72. The summed E-state index contributed by atoms with van der Waals surface area (Å²) in [6.45, 7) is -0.0104. The van der Waals surface area contributed by atoms with Gasteiger partial charge in [0.2, 0.25) is 0 Å². The normalized spacial score (nSPS) is 51.3. The van der Waals surface area contributed by atoms with E-state index in [1.54, 1.807) is 0 Å². The fraction of sp³-hybridized carbons (Fsp3) is 1.00. The molecule has 0 spiro atoms. The number of methoxy groups -OCH3 is 1. The van der Waals surface area contributed by atoms with Crippen molar-refractivity contribution in [3.05, 3.63) is 0 Å². The number of aliphatic hydroxyl groups excluding tert-OH is 9. The van der Waals surface area contributed by atoms with Gasteiger partial charge in [0.25, 0.3) is 0 Å². The molecule has 35 heavy (non-hydrogen) atoms. The minimum absolute atomic E-state index is 0.154. The summed E-state index contributed by atoms with van der Waals surface area (Å²) < 4.78 is 32.4. The standard InChI is InChI=1S/C20H36O15/c1-6-10(23)13(26)17(7(3-21)31-6)34-20-16(29)14(27)18(8(4-22)32-20)35-19-15(28)12(25)11(24)9(33-19)5-30-2/h6-29H,3-5H2,1-2H3/t6-,7?,8?,9?,10?,11-,12-,13+,14+,15?,16?,17-,18-,19-,20-/m1/s1. The Bertz CT molecular complexity index is 652. The highest BCUT2D eigenvalue weighted by molar-refractivity contribution is 4.96. The predicted octanol–water partition coefficient (Wildman–Crippen LogP) is -5.85. The van der Waals surface area contributed by atoms with Crippen LogP contribution in [0.4, 0.5) is 0 Å². The molecule has 3 aliphatic rings. The van der Waals surface area contributed by atoms with Crippen molar-refractivity contribution in [3.8, 4) is 0 Å². The molecule has 15 heteroatoms. The molecule has 0 amide bonds. The zero-order chi connectivity index (χ0) is 26.0. The molecular formula is C20H36O15. The first-order valence-corrected chi connectivity index (χ1v) is 11.3. The SMILES string of the molecule is COCC1O[C@H](O[C@@H]2C(CO)O[C@H](O[C@@H]3C(CO)O[C@H](C)C(O)[C@@H]3O)C(O)[C@@H]2O)C(O)[C@H](O)[C@@H]1O. The molecule has 3 aliphatic heterocycles. The maximum absolute atomic E-state index is 10.7. The quantitative estimate of drug-likeness (QED) is 0.146. The monoisotopic (exact) mass is 516 g/mol. The minimum atomic E-state index is -1.82. The van der Waals surface area contributed by atoms with E-state index in [1.807, 2.05) is 0 Å². The van der Waals surface area contributed by atoms with E-state index in [0.29, 0.717) is 0 Å². The molecule has 6 unspecified atom stereocenters. The number of ether oxygens (including phenoxy) is 6. The Hall–Kier alpha value is -0.600. The van der Waals surface area contributed by atoms with Crippen LogP contribution in [0.2, 0.25) is 0 Å². The van der Waals surface area contributed by atoms with Crippen LogP contribution in [0.25, 0.3) is 0 Å². The second-order valence-electron chi connectivity index (χ2n) is 8.92. The fourth-order valence-electron chi connectivity index (χ4n) is 4.41. The van der Waals surface area contributed by atoms with Crippen molar-refractivity contribution < 1.29 is 74.4 Å². The summed E-state index contributed by atoms with van der Waals surface area (Å²) in [4.78, 5) is 0. The molecule has 3 rings (SSSR count). The van der Waals surface area contributed by atoms with Crippen molar-refractivity contribution in [1.29, 1.82) is 0 Å². The molecule has 0 saturated carbocycles. The first-order chi connectivity index (χ1) is 16.5. The molecule has 3 fully saturated rings. The molecule has 3 heterocycles. The lowest BCUT2D eigenvalue weighted by Gasteiger charge is -2.48. The topological polar surface area (TPSA) is 237 Å². The van der Waals surface area contributed by atoms with Crippen molar-refractivity contribution >= 4 is 0 Å². The molecule has 15 atom stereocenters. The van der Waals surface area contributed by atoms with E-state index in [2.05, 4.69) is 0 Å². The number of aliphatic hydroxyl groups is 9. The third-order valence-electron chi connectivity index (χ3n) is 6.51. The summed E-state index contributed by atoms with van der Waals surface area (Å²) in [5.74, 6) is 0. The molecule has 0 bridgehead atoms. The van der Waals surface area contributed by atoms with E-state index in [0.717, 1.165) is 0 Å². The molecule has 0 aromatic heterocycles. The lowest BCUT2D eigenvalue weighted by Crippen LogP contribution is -2.66. The van der Waals surface area contributed by atoms with Gasteiger partial charge in [0.05, 0.1) is 25.9 Å². The van der Waals surface area contributed by atoms with Crippen molar-refractivity contribution in [1.82, 2.24) is 0 Å². The lowest BCUT2D eigenvalue weighted by molar-refractivity contribution is -0.372. The zero-order valence-corrected chi connectivity index (χ0v) is 19.3. The predicted molar refractivity (Wildman–Crippen MR) is 109 cm³/mol. The van der Waals surface area contributed by atoms with Crippen LogP contribution in [-0.4, -0.2) is 165 Å². The molecule has 9 N–H and O–H groups in total. The maximum Gasteiger partial charge on any atom is 0.187 e. The van der Waals surface area contributed by atoms with Gasteiger partial charge in [-0.25, -0.2) is 0 Å². The molecule has 0 aromatic carbocycles. The van der Waals surface area contributed by atoms with E-state index in [-0.39, 0.29) is 6.61 Å². The molecule has 0 aromatic rings. The van der Waals surface area contributed by atoms with Crippen LogP contribution in [0.5, 0.6) is 0 Å². The zero-order valence-electron chi connectivity index (χ0n) is 19.3. The van der Waals surface area contributed by atoms with Gasteiger partial charge in [-0.1, -0.05) is 0 Å². The summed E-state index contributed by atoms with van der Waals surface area (Å²) in [6.07, 6.45) is -21.9. The number of hydrogen-bond acceptors (Lipinski definition) is 15. The lowest BCUT2D eigenvalue weighted by atomic mass is 9.94. The Morgan fingerprint density at radius 2 is 1.03 bits per heavy atom. The Kier molecular flexibility index (Phi) is 10.2. The van der Waals surface area contributed by atoms with E-state index >= 15 is 0 Å². The Labute approximate surface area is 200 Å². The highest BCUT2D eigenvalue weighted by Crippen LogP contribution is 2.32. The van der Waals surface area contributed by atoms with Crippen molar-refractivity contribution in [3.63, 3.8) is 0 Å². The van der Waals surface area contributed by atoms with Crippen molar-refractivity contribution in [2.75, 3.05) is 26.9 Å². The van der Waals surface area contributed by atoms with Crippen molar-refractivity contribution in [2.45, 2.75) is 98.9 Å². The van der Waals surface area contributed by atoms with Gasteiger partial charge in [-0.2, -0.15) is 0 Å². The average molecular weight is 516 g/mol. The van der Waals surface area contributed by atoms with E-state index < -0.39 is 105 Å². The van der Waals surface area contributed by atoms with Gasteiger partial charge < -0.3 is 74.4 Å². The molecular weight excluding hydrogens is 480 g/mol. The fourth-order valence-corrected chi connectivity index (χ4v) is 4.41. The highest BCUT2D eigenvalue weighted by Gasteiger charge is 2.53. The van der Waals surface area contributed by atoms with Gasteiger partial charge >= 0.3 is 0 Å². The first-order valence-electron chi connectivity index (χ1n) is 11.3. The van der Waals surface area contributed by atoms with Crippen LogP contribution in [0.1, 0.15) is 6.92 Å². The van der Waals surface area contributed by atoms with E-state index in [9.17, 15) is 46.0 Å². The second-order valence-corrected chi connectivity index (χ2v) is 8.92. The first kappa shape index (κ1) is 29.0. The van der Waals surface area contributed by atoms with Gasteiger partial charge in [0.15, 0.2) is 12.6 Å². The van der Waals surface area contributed by atoms with Gasteiger partial charge in [-0.05, 0) is 6.92 Å². The summed E-state index contributed by atoms with van der Waals surface area (Å²) in [5.41, 5.74) is 0. The summed E-state index contributed by atoms with van der Waals surface area (Å²) in [6, 6.07) is 0. The average Bonchev–Trinajstić information content (AvgIpc) is 2.84. The largest absolute Gasteiger partial charge is 0.394 e. The third kappa shape index (κ3) is 5.95. The summed E-state index contributed by atoms with van der Waals surface area (Å²) in [7, 11) is 1.33. The molecule has 15 nitrogen and oxygen atoms in total. The Morgan fingerprint density at radius 1 is 0.571 bits per heavy atom. The van der Waals surface area contributed by atoms with E-state index in [4.69, 9.17) is 28.4 Å². The summed E-state index contributed by atoms with van der Waals surface area (Å²) in [5, 5.41) is 91.6. The van der Waals surface area contributed by atoms with Crippen molar-refractivity contribution in [2.24, 2.45) is 0 Å². The van der Waals surface area contributed by atoms with Crippen LogP contribution in [0, 0.1) is 0 Å². The minimum Gasteiger partial charge on any atom is -0.394 e. The van der Waals surface area contributed by atoms with Crippen LogP contribution < -0.4 is 0 Å². The van der Waals surface area contributed by atoms with E-state index in [1.165, 1.54) is 14.0 Å². The highest BCUT2D eigenvalue weighted by atomic mass is 16.7. The van der Waals surface area contributed by atoms with Gasteiger partial charge in [-0.3, -0.25) is 0 Å². The van der Waals surface area contributed by atoms with Crippen LogP contribution in [0.15, 0.2) is 0 Å². The molecule has 0 radical (unpaired) electrons. The molecule has 206 valence electrons. The smallest absolute Gasteiger partial charge is 0.187 e. The third-order valence-corrected chi connectivity index (χ3v) is 6.51. The van der Waals surface area contributed by atoms with Gasteiger partial charge in [0, 0.05) is 7.11 Å². The molecule has 3 saturated heterocycles. The van der Waals surface area contributed by atoms with Gasteiger partial charge in [-0.15, -0.1) is 0 Å². The van der Waals surface area contributed by atoms with Crippen LogP contribution >= 0.6 is 0 Å². The van der Waals surface area contributed by atoms with Crippen LogP contribution in [0.3, 0.4) is 0 Å². The summed E-state index contributed by atoms with van der Waals surface area (Å²) >= 11 is 0. The number of hydrogen-bond donors (Lipinski definition) is 9.